The Kier molecular flexibility index (Phi) is 3.24. The maximum atomic E-state index is 12.3. The van der Waals surface area contributed by atoms with Crippen LogP contribution in [0.1, 0.15) is 33.5 Å². The third-order valence-electron chi connectivity index (χ3n) is 3.39. The molecule has 0 spiro atoms. The zero-order valence-corrected chi connectivity index (χ0v) is 11.8. The fourth-order valence-electron chi connectivity index (χ4n) is 2.36. The molecule has 1 atom stereocenters. The molecule has 20 heavy (non-hydrogen) atoms. The van der Waals surface area contributed by atoms with Crippen molar-refractivity contribution in [3.05, 3.63) is 34.0 Å². The summed E-state index contributed by atoms with van der Waals surface area (Å²) >= 11 is 1.48. The SMILES string of the molecule is Cc1nc(C(=O)N2CCC(n3cc(C#N)cn3)C2)cs1. The lowest BCUT2D eigenvalue weighted by Gasteiger charge is -2.15. The molecule has 102 valence electrons. The molecule has 2 aromatic heterocycles. The van der Waals surface area contributed by atoms with Gasteiger partial charge in [-0.2, -0.15) is 10.4 Å². The van der Waals surface area contributed by atoms with Crippen molar-refractivity contribution in [3.8, 4) is 6.07 Å². The minimum Gasteiger partial charge on any atom is -0.335 e. The van der Waals surface area contributed by atoms with E-state index in [0.717, 1.165) is 11.4 Å². The van der Waals surface area contributed by atoms with Gasteiger partial charge in [0.15, 0.2) is 0 Å². The van der Waals surface area contributed by atoms with Crippen LogP contribution in [0.4, 0.5) is 0 Å². The van der Waals surface area contributed by atoms with Crippen LogP contribution in [0.2, 0.25) is 0 Å². The van der Waals surface area contributed by atoms with Gasteiger partial charge in [0, 0.05) is 24.7 Å². The average Bonchev–Trinajstić information content (AvgIpc) is 3.17. The summed E-state index contributed by atoms with van der Waals surface area (Å²) in [5, 5.41) is 15.7. The molecular weight excluding hydrogens is 274 g/mol. The Morgan fingerprint density at radius 2 is 2.45 bits per heavy atom. The number of hydrogen-bond acceptors (Lipinski definition) is 5. The highest BCUT2D eigenvalue weighted by molar-refractivity contribution is 7.09. The van der Waals surface area contributed by atoms with E-state index in [4.69, 9.17) is 5.26 Å². The number of thiazole rings is 1. The highest BCUT2D eigenvalue weighted by Crippen LogP contribution is 2.23. The molecule has 1 amide bonds. The highest BCUT2D eigenvalue weighted by Gasteiger charge is 2.29. The standard InChI is InChI=1S/C13H13N5OS/c1-9-16-12(8-20-9)13(19)17-3-2-11(7-17)18-6-10(4-14)5-15-18/h5-6,8,11H,2-3,7H2,1H3. The van der Waals surface area contributed by atoms with E-state index in [2.05, 4.69) is 16.2 Å². The summed E-state index contributed by atoms with van der Waals surface area (Å²) in [4.78, 5) is 18.3. The monoisotopic (exact) mass is 287 g/mol. The molecule has 1 saturated heterocycles. The summed E-state index contributed by atoms with van der Waals surface area (Å²) < 4.78 is 1.78. The van der Waals surface area contributed by atoms with Gasteiger partial charge in [-0.25, -0.2) is 4.98 Å². The van der Waals surface area contributed by atoms with Gasteiger partial charge in [0.1, 0.15) is 11.8 Å². The second-order valence-corrected chi connectivity index (χ2v) is 5.83. The molecule has 0 aromatic carbocycles. The number of aromatic nitrogens is 3. The number of hydrogen-bond donors (Lipinski definition) is 0. The minimum atomic E-state index is -0.0236. The number of nitriles is 1. The zero-order chi connectivity index (χ0) is 14.1. The fourth-order valence-corrected chi connectivity index (χ4v) is 2.95. The van der Waals surface area contributed by atoms with Gasteiger partial charge < -0.3 is 4.90 Å². The van der Waals surface area contributed by atoms with Crippen molar-refractivity contribution >= 4 is 17.2 Å². The van der Waals surface area contributed by atoms with Crippen molar-refractivity contribution in [2.24, 2.45) is 0 Å². The molecule has 3 heterocycles. The van der Waals surface area contributed by atoms with Crippen LogP contribution in [0.5, 0.6) is 0 Å². The van der Waals surface area contributed by atoms with Crippen LogP contribution in [0.25, 0.3) is 0 Å². The van der Waals surface area contributed by atoms with Crippen molar-refractivity contribution in [1.82, 2.24) is 19.7 Å². The molecule has 3 rings (SSSR count). The largest absolute Gasteiger partial charge is 0.335 e. The van der Waals surface area contributed by atoms with E-state index in [1.807, 2.05) is 6.92 Å². The Morgan fingerprint density at radius 3 is 3.10 bits per heavy atom. The molecule has 2 aromatic rings. The number of aryl methyl sites for hydroxylation is 1. The summed E-state index contributed by atoms with van der Waals surface area (Å²) in [6.07, 6.45) is 4.13. The van der Waals surface area contributed by atoms with E-state index in [1.165, 1.54) is 11.3 Å². The van der Waals surface area contributed by atoms with Gasteiger partial charge in [-0.15, -0.1) is 11.3 Å². The van der Waals surface area contributed by atoms with Crippen molar-refractivity contribution < 1.29 is 4.79 Å². The van der Waals surface area contributed by atoms with E-state index in [9.17, 15) is 4.79 Å². The molecule has 7 heteroatoms. The maximum absolute atomic E-state index is 12.3. The zero-order valence-electron chi connectivity index (χ0n) is 11.0. The van der Waals surface area contributed by atoms with E-state index in [1.54, 1.807) is 27.4 Å². The first-order valence-electron chi connectivity index (χ1n) is 6.33. The van der Waals surface area contributed by atoms with Crippen LogP contribution < -0.4 is 0 Å². The summed E-state index contributed by atoms with van der Waals surface area (Å²) in [6, 6.07) is 2.20. The number of rotatable bonds is 2. The number of nitrogens with zero attached hydrogens (tertiary/aromatic N) is 5. The summed E-state index contributed by atoms with van der Waals surface area (Å²) in [5.41, 5.74) is 1.07. The molecule has 0 aliphatic carbocycles. The number of carbonyl (C=O) groups excluding carboxylic acids is 1. The van der Waals surface area contributed by atoms with Crippen LogP contribution in [-0.2, 0) is 0 Å². The van der Waals surface area contributed by atoms with E-state index < -0.39 is 0 Å². The van der Waals surface area contributed by atoms with Gasteiger partial charge in [-0.3, -0.25) is 9.48 Å². The third kappa shape index (κ3) is 2.30. The Balaban J connectivity index is 1.70. The van der Waals surface area contributed by atoms with Crippen molar-refractivity contribution in [2.45, 2.75) is 19.4 Å². The maximum Gasteiger partial charge on any atom is 0.273 e. The predicted octanol–water partition coefficient (Wildman–Crippen LogP) is 1.61. The predicted molar refractivity (Wildman–Crippen MR) is 73.4 cm³/mol. The summed E-state index contributed by atoms with van der Waals surface area (Å²) in [7, 11) is 0. The highest BCUT2D eigenvalue weighted by atomic mass is 32.1. The molecule has 0 saturated carbocycles. The van der Waals surface area contributed by atoms with Gasteiger partial charge >= 0.3 is 0 Å². The van der Waals surface area contributed by atoms with Gasteiger partial charge in [-0.1, -0.05) is 0 Å². The normalized spacial score (nSPS) is 18.2. The lowest BCUT2D eigenvalue weighted by Crippen LogP contribution is -2.29. The molecule has 1 aliphatic rings. The fraction of sp³-hybridized carbons (Fsp3) is 0.385. The van der Waals surface area contributed by atoms with Crippen molar-refractivity contribution in [2.75, 3.05) is 13.1 Å². The average molecular weight is 287 g/mol. The molecule has 1 fully saturated rings. The van der Waals surface area contributed by atoms with E-state index >= 15 is 0 Å². The van der Waals surface area contributed by atoms with Gasteiger partial charge in [-0.05, 0) is 13.3 Å². The first-order valence-corrected chi connectivity index (χ1v) is 7.21. The van der Waals surface area contributed by atoms with E-state index in [0.29, 0.717) is 24.3 Å². The molecule has 0 N–H and O–H groups in total. The van der Waals surface area contributed by atoms with Crippen molar-refractivity contribution in [3.63, 3.8) is 0 Å². The lowest BCUT2D eigenvalue weighted by molar-refractivity contribution is 0.0782. The van der Waals surface area contributed by atoms with E-state index in [-0.39, 0.29) is 11.9 Å². The molecule has 0 radical (unpaired) electrons. The smallest absolute Gasteiger partial charge is 0.273 e. The van der Waals surface area contributed by atoms with Crippen LogP contribution in [0.15, 0.2) is 17.8 Å². The molecule has 0 bridgehead atoms. The molecule has 6 nitrogen and oxygen atoms in total. The minimum absolute atomic E-state index is 0.0236. The summed E-state index contributed by atoms with van der Waals surface area (Å²) in [5.74, 6) is -0.0236. The second-order valence-electron chi connectivity index (χ2n) is 4.77. The topological polar surface area (TPSA) is 74.8 Å². The van der Waals surface area contributed by atoms with Crippen LogP contribution >= 0.6 is 11.3 Å². The van der Waals surface area contributed by atoms with Crippen LogP contribution in [-0.4, -0.2) is 38.7 Å². The number of likely N-dealkylation sites (tertiary alicyclic amines) is 1. The van der Waals surface area contributed by atoms with Crippen LogP contribution in [0, 0.1) is 18.3 Å². The molecular formula is C13H13N5OS. The second kappa shape index (κ2) is 5.06. The van der Waals surface area contributed by atoms with Gasteiger partial charge in [0.05, 0.1) is 22.8 Å². The first-order chi connectivity index (χ1) is 9.67. The quantitative estimate of drug-likeness (QED) is 0.841. The number of carbonyl (C=O) groups is 1. The third-order valence-corrected chi connectivity index (χ3v) is 4.17. The first kappa shape index (κ1) is 12.8. The van der Waals surface area contributed by atoms with Crippen LogP contribution in [0.3, 0.4) is 0 Å². The Hall–Kier alpha value is -2.20. The lowest BCUT2D eigenvalue weighted by atomic mass is 10.3. The van der Waals surface area contributed by atoms with Gasteiger partial charge in [0.2, 0.25) is 0 Å². The Labute approximate surface area is 120 Å². The Morgan fingerprint density at radius 1 is 1.60 bits per heavy atom. The van der Waals surface area contributed by atoms with Gasteiger partial charge in [0.25, 0.3) is 5.91 Å². The summed E-state index contributed by atoms with van der Waals surface area (Å²) in [6.45, 7) is 3.20. The molecule has 1 aliphatic heterocycles. The molecule has 1 unspecified atom stereocenters. The number of amides is 1. The Bertz CT molecular complexity index is 683. The van der Waals surface area contributed by atoms with Crippen molar-refractivity contribution in [1.29, 1.82) is 5.26 Å².